The molecule has 0 bridgehead atoms. The van der Waals surface area contributed by atoms with Crippen molar-refractivity contribution in [1.82, 2.24) is 9.78 Å². The van der Waals surface area contributed by atoms with E-state index in [2.05, 4.69) is 5.10 Å². The predicted molar refractivity (Wildman–Crippen MR) is 69.4 cm³/mol. The lowest BCUT2D eigenvalue weighted by molar-refractivity contribution is 0.104. The van der Waals surface area contributed by atoms with E-state index in [4.69, 9.17) is 0 Å². The third-order valence-electron chi connectivity index (χ3n) is 2.58. The molecule has 0 aliphatic heterocycles. The monoisotopic (exact) mass is 242 g/mol. The lowest BCUT2D eigenvalue weighted by atomic mass is 10.1. The van der Waals surface area contributed by atoms with E-state index in [1.165, 1.54) is 6.08 Å². The van der Waals surface area contributed by atoms with Gasteiger partial charge in [-0.2, -0.15) is 5.10 Å². The molecule has 18 heavy (non-hydrogen) atoms. The number of phenols is 1. The number of allylic oxidation sites excluding steroid dienone is 1. The number of rotatable bonds is 3. The van der Waals surface area contributed by atoms with Gasteiger partial charge in [-0.3, -0.25) is 9.48 Å². The van der Waals surface area contributed by atoms with Crippen LogP contribution in [0.3, 0.4) is 0 Å². The maximum Gasteiger partial charge on any atom is 0.189 e. The number of carbonyl (C=O) groups excluding carboxylic acids is 1. The van der Waals surface area contributed by atoms with Gasteiger partial charge in [0, 0.05) is 13.2 Å². The first-order chi connectivity index (χ1) is 8.56. The number of aryl methyl sites for hydroxylation is 2. The van der Waals surface area contributed by atoms with Gasteiger partial charge in [0.25, 0.3) is 0 Å². The van der Waals surface area contributed by atoms with Gasteiger partial charge in [0.15, 0.2) is 5.78 Å². The van der Waals surface area contributed by atoms with Crippen molar-refractivity contribution >= 4 is 11.9 Å². The van der Waals surface area contributed by atoms with Crippen molar-refractivity contribution < 1.29 is 9.90 Å². The molecule has 1 N–H and O–H groups in total. The van der Waals surface area contributed by atoms with Gasteiger partial charge in [0.2, 0.25) is 0 Å². The molecule has 1 heterocycles. The number of benzene rings is 1. The van der Waals surface area contributed by atoms with Crippen LogP contribution >= 0.6 is 0 Å². The summed E-state index contributed by atoms with van der Waals surface area (Å²) in [5, 5.41) is 13.4. The first kappa shape index (κ1) is 12.1. The van der Waals surface area contributed by atoms with Crippen molar-refractivity contribution in [3.63, 3.8) is 0 Å². The third-order valence-corrected chi connectivity index (χ3v) is 2.58. The minimum absolute atomic E-state index is 0.0936. The summed E-state index contributed by atoms with van der Waals surface area (Å²) in [4.78, 5) is 11.9. The maximum absolute atomic E-state index is 11.9. The second kappa shape index (κ2) is 4.87. The molecule has 0 fully saturated rings. The Hall–Kier alpha value is -2.36. The molecule has 0 amide bonds. The zero-order chi connectivity index (χ0) is 13.1. The topological polar surface area (TPSA) is 55.1 Å². The average molecular weight is 242 g/mol. The largest absolute Gasteiger partial charge is 0.508 e. The number of hydrogen-bond donors (Lipinski definition) is 1. The molecule has 92 valence electrons. The summed E-state index contributed by atoms with van der Waals surface area (Å²) in [6, 6.07) is 6.73. The van der Waals surface area contributed by atoms with Gasteiger partial charge in [-0.25, -0.2) is 0 Å². The van der Waals surface area contributed by atoms with Crippen LogP contribution in [0.4, 0.5) is 0 Å². The predicted octanol–water partition coefficient (Wildman–Crippen LogP) is 2.33. The Labute approximate surface area is 105 Å². The molecule has 1 aromatic heterocycles. The van der Waals surface area contributed by atoms with E-state index >= 15 is 0 Å². The molecule has 0 unspecified atom stereocenters. The van der Waals surface area contributed by atoms with E-state index in [-0.39, 0.29) is 11.5 Å². The quantitative estimate of drug-likeness (QED) is 0.664. The van der Waals surface area contributed by atoms with Crippen molar-refractivity contribution in [2.24, 2.45) is 7.05 Å². The van der Waals surface area contributed by atoms with Gasteiger partial charge < -0.3 is 5.11 Å². The van der Waals surface area contributed by atoms with Crippen LogP contribution in [0.25, 0.3) is 6.08 Å². The SMILES string of the molecule is Cc1nn(C)cc1C(=O)/C=C/c1cccc(O)c1. The highest BCUT2D eigenvalue weighted by atomic mass is 16.3. The van der Waals surface area contributed by atoms with E-state index in [9.17, 15) is 9.90 Å². The fourth-order valence-corrected chi connectivity index (χ4v) is 1.73. The average Bonchev–Trinajstić information content (AvgIpc) is 2.66. The van der Waals surface area contributed by atoms with Crippen molar-refractivity contribution in [1.29, 1.82) is 0 Å². The maximum atomic E-state index is 11.9. The Kier molecular flexibility index (Phi) is 3.28. The van der Waals surface area contributed by atoms with Crippen molar-refractivity contribution in [2.75, 3.05) is 0 Å². The second-order valence-electron chi connectivity index (χ2n) is 4.09. The lowest BCUT2D eigenvalue weighted by Crippen LogP contribution is -1.94. The molecule has 0 radical (unpaired) electrons. The Morgan fingerprint density at radius 2 is 2.22 bits per heavy atom. The highest BCUT2D eigenvalue weighted by Crippen LogP contribution is 2.13. The molecule has 2 rings (SSSR count). The van der Waals surface area contributed by atoms with E-state index < -0.39 is 0 Å². The minimum atomic E-state index is -0.0936. The molecule has 0 saturated heterocycles. The highest BCUT2D eigenvalue weighted by Gasteiger charge is 2.09. The van der Waals surface area contributed by atoms with E-state index in [0.29, 0.717) is 11.3 Å². The number of carbonyl (C=O) groups is 1. The number of aromatic nitrogens is 2. The number of nitrogens with zero attached hydrogens (tertiary/aromatic N) is 2. The third kappa shape index (κ3) is 2.66. The van der Waals surface area contributed by atoms with Crippen LogP contribution < -0.4 is 0 Å². The Bertz CT molecular complexity index is 612. The summed E-state index contributed by atoms with van der Waals surface area (Å²) in [6.07, 6.45) is 4.86. The first-order valence-corrected chi connectivity index (χ1v) is 5.58. The molecule has 1 aromatic carbocycles. The van der Waals surface area contributed by atoms with Crippen LogP contribution in [0.1, 0.15) is 21.6 Å². The molecular formula is C14H14N2O2. The number of ketones is 1. The second-order valence-corrected chi connectivity index (χ2v) is 4.09. The van der Waals surface area contributed by atoms with Gasteiger partial charge in [-0.05, 0) is 30.7 Å². The Balaban J connectivity index is 2.19. The van der Waals surface area contributed by atoms with Crippen LogP contribution in [0.15, 0.2) is 36.5 Å². The summed E-state index contributed by atoms with van der Waals surface area (Å²) in [5.41, 5.74) is 2.09. The molecule has 0 atom stereocenters. The van der Waals surface area contributed by atoms with E-state index in [0.717, 1.165) is 5.56 Å². The summed E-state index contributed by atoms with van der Waals surface area (Å²) in [7, 11) is 1.78. The zero-order valence-corrected chi connectivity index (χ0v) is 10.3. The van der Waals surface area contributed by atoms with Crippen molar-refractivity contribution in [2.45, 2.75) is 6.92 Å². The molecule has 0 aliphatic rings. The van der Waals surface area contributed by atoms with E-state index in [1.54, 1.807) is 49.1 Å². The summed E-state index contributed by atoms with van der Waals surface area (Å²) in [5.74, 6) is 0.0890. The number of aromatic hydroxyl groups is 1. The standard InChI is InChI=1S/C14H14N2O2/c1-10-13(9-16(2)15-10)14(18)7-6-11-4-3-5-12(17)8-11/h3-9,17H,1-2H3/b7-6+. The molecular weight excluding hydrogens is 228 g/mol. The Morgan fingerprint density at radius 1 is 1.44 bits per heavy atom. The summed E-state index contributed by atoms with van der Waals surface area (Å²) < 4.78 is 1.62. The van der Waals surface area contributed by atoms with Gasteiger partial charge in [0.1, 0.15) is 5.75 Å². The molecule has 0 aliphatic carbocycles. The zero-order valence-electron chi connectivity index (χ0n) is 10.3. The van der Waals surface area contributed by atoms with E-state index in [1.807, 2.05) is 6.07 Å². The molecule has 0 saturated carbocycles. The highest BCUT2D eigenvalue weighted by molar-refractivity contribution is 6.07. The first-order valence-electron chi connectivity index (χ1n) is 5.58. The number of hydrogen-bond acceptors (Lipinski definition) is 3. The van der Waals surface area contributed by atoms with Crippen LogP contribution in [0.2, 0.25) is 0 Å². The smallest absolute Gasteiger partial charge is 0.189 e. The lowest BCUT2D eigenvalue weighted by Gasteiger charge is -1.95. The van der Waals surface area contributed by atoms with Gasteiger partial charge in [-0.1, -0.05) is 18.2 Å². The fraction of sp³-hybridized carbons (Fsp3) is 0.143. The van der Waals surface area contributed by atoms with Gasteiger partial charge >= 0.3 is 0 Å². The number of phenolic OH excluding ortho intramolecular Hbond substituents is 1. The summed E-state index contributed by atoms with van der Waals surface area (Å²) in [6.45, 7) is 1.80. The van der Waals surface area contributed by atoms with Crippen LogP contribution in [-0.2, 0) is 7.05 Å². The molecule has 2 aromatic rings. The molecule has 0 spiro atoms. The minimum Gasteiger partial charge on any atom is -0.508 e. The van der Waals surface area contributed by atoms with Crippen LogP contribution in [-0.4, -0.2) is 20.7 Å². The van der Waals surface area contributed by atoms with Crippen LogP contribution in [0, 0.1) is 6.92 Å². The molecule has 4 heteroatoms. The van der Waals surface area contributed by atoms with Gasteiger partial charge in [0.05, 0.1) is 11.3 Å². The fourth-order valence-electron chi connectivity index (χ4n) is 1.73. The van der Waals surface area contributed by atoms with Crippen LogP contribution in [0.5, 0.6) is 5.75 Å². The normalized spacial score (nSPS) is 11.0. The summed E-state index contributed by atoms with van der Waals surface area (Å²) >= 11 is 0. The van der Waals surface area contributed by atoms with Crippen molar-refractivity contribution in [3.05, 3.63) is 53.4 Å². The van der Waals surface area contributed by atoms with Crippen molar-refractivity contribution in [3.8, 4) is 5.75 Å². The van der Waals surface area contributed by atoms with Gasteiger partial charge in [-0.15, -0.1) is 0 Å². The molecule has 4 nitrogen and oxygen atoms in total. The Morgan fingerprint density at radius 3 is 2.83 bits per heavy atom.